The first-order chi connectivity index (χ1) is 7.10. The maximum atomic E-state index is 9.90. The second-order valence-corrected chi connectivity index (χ2v) is 5.04. The highest BCUT2D eigenvalue weighted by Gasteiger charge is 2.41. The molecule has 1 aliphatic rings. The van der Waals surface area contributed by atoms with Crippen molar-refractivity contribution in [2.24, 2.45) is 0 Å². The van der Waals surface area contributed by atoms with Gasteiger partial charge in [-0.1, -0.05) is 17.7 Å². The monoisotopic (exact) mass is 285 g/mol. The van der Waals surface area contributed by atoms with Gasteiger partial charge in [0, 0.05) is 10.0 Å². The van der Waals surface area contributed by atoms with Crippen molar-refractivity contribution in [3.8, 4) is 11.8 Å². The summed E-state index contributed by atoms with van der Waals surface area (Å²) >= 11 is 9.15. The van der Waals surface area contributed by atoms with Gasteiger partial charge in [0.2, 0.25) is 0 Å². The second-order valence-electron chi connectivity index (χ2n) is 3.80. The van der Waals surface area contributed by atoms with Gasteiger partial charge in [-0.2, -0.15) is 5.26 Å². The van der Waals surface area contributed by atoms with E-state index >= 15 is 0 Å². The molecule has 1 aromatic carbocycles. The van der Waals surface area contributed by atoms with Crippen molar-refractivity contribution >= 4 is 27.5 Å². The van der Waals surface area contributed by atoms with Crippen LogP contribution >= 0.6 is 27.5 Å². The zero-order valence-electron chi connectivity index (χ0n) is 7.93. The molecule has 15 heavy (non-hydrogen) atoms. The van der Waals surface area contributed by atoms with Gasteiger partial charge in [-0.05, 0) is 41.3 Å². The van der Waals surface area contributed by atoms with Crippen LogP contribution in [0.15, 0.2) is 16.6 Å². The van der Waals surface area contributed by atoms with Crippen LogP contribution in [0.2, 0.25) is 5.02 Å². The molecule has 0 unspecified atom stereocenters. The largest absolute Gasteiger partial charge is 0.506 e. The minimum atomic E-state index is -0.519. The molecule has 1 N–H and O–H groups in total. The second kappa shape index (κ2) is 3.70. The Hall–Kier alpha value is -0.720. The molecule has 78 valence electrons. The van der Waals surface area contributed by atoms with Crippen molar-refractivity contribution < 1.29 is 5.11 Å². The molecule has 4 heteroatoms. The summed E-state index contributed by atoms with van der Waals surface area (Å²) in [5, 5.41) is 19.3. The number of aromatic hydroxyl groups is 1. The summed E-state index contributed by atoms with van der Waals surface area (Å²) < 4.78 is 0.651. The lowest BCUT2D eigenvalue weighted by Gasteiger charge is -2.36. The van der Waals surface area contributed by atoms with Crippen LogP contribution in [0.1, 0.15) is 24.8 Å². The molecule has 0 heterocycles. The van der Waals surface area contributed by atoms with Crippen LogP contribution in [0.3, 0.4) is 0 Å². The minimum absolute atomic E-state index is 0.0345. The van der Waals surface area contributed by atoms with E-state index < -0.39 is 5.41 Å². The number of rotatable bonds is 1. The number of nitriles is 1. The van der Waals surface area contributed by atoms with Gasteiger partial charge in [-0.25, -0.2) is 0 Å². The molecule has 2 nitrogen and oxygen atoms in total. The van der Waals surface area contributed by atoms with Gasteiger partial charge in [0.05, 0.1) is 16.5 Å². The zero-order chi connectivity index (χ0) is 11.1. The van der Waals surface area contributed by atoms with Crippen LogP contribution in [0, 0.1) is 11.3 Å². The smallest absolute Gasteiger partial charge is 0.140 e. The molecule has 0 amide bonds. The number of hydrogen-bond donors (Lipinski definition) is 1. The van der Waals surface area contributed by atoms with E-state index in [0.29, 0.717) is 10.0 Å². The number of phenols is 1. The van der Waals surface area contributed by atoms with Gasteiger partial charge < -0.3 is 5.11 Å². The van der Waals surface area contributed by atoms with E-state index in [9.17, 15) is 5.11 Å². The summed E-state index contributed by atoms with van der Waals surface area (Å²) in [4.78, 5) is 0. The van der Waals surface area contributed by atoms with Crippen LogP contribution in [0.5, 0.6) is 5.75 Å². The molecule has 1 aromatic rings. The summed E-state index contributed by atoms with van der Waals surface area (Å²) in [5.74, 6) is 0.0345. The van der Waals surface area contributed by atoms with Crippen LogP contribution in [-0.2, 0) is 5.41 Å². The Bertz CT molecular complexity index is 449. The molecule has 0 bridgehead atoms. The van der Waals surface area contributed by atoms with Gasteiger partial charge >= 0.3 is 0 Å². The molecule has 0 atom stereocenters. The number of benzene rings is 1. The van der Waals surface area contributed by atoms with Gasteiger partial charge in [0.1, 0.15) is 5.75 Å². The molecular formula is C11H9BrClNO. The quantitative estimate of drug-likeness (QED) is 0.854. The Kier molecular flexibility index (Phi) is 2.66. The van der Waals surface area contributed by atoms with Gasteiger partial charge in [0.15, 0.2) is 0 Å². The Morgan fingerprint density at radius 3 is 2.60 bits per heavy atom. The van der Waals surface area contributed by atoms with Gasteiger partial charge in [-0.15, -0.1) is 0 Å². The molecule has 2 rings (SSSR count). The van der Waals surface area contributed by atoms with Crippen LogP contribution in [0.4, 0.5) is 0 Å². The molecule has 0 spiro atoms. The van der Waals surface area contributed by atoms with Gasteiger partial charge in [0.25, 0.3) is 0 Å². The average molecular weight is 287 g/mol. The van der Waals surface area contributed by atoms with Crippen molar-refractivity contribution in [2.45, 2.75) is 24.7 Å². The molecule has 1 aliphatic carbocycles. The topological polar surface area (TPSA) is 44.0 Å². The summed E-state index contributed by atoms with van der Waals surface area (Å²) in [7, 11) is 0. The summed E-state index contributed by atoms with van der Waals surface area (Å²) in [6.07, 6.45) is 2.63. The standard InChI is InChI=1S/C11H9BrClNO/c12-8-3-2-7(10(15)9(8)13)11(6-14)4-1-5-11/h2-3,15H,1,4-5H2. The molecule has 1 fully saturated rings. The SMILES string of the molecule is N#CC1(c2ccc(Br)c(Cl)c2O)CCC1. The predicted octanol–water partition coefficient (Wildman–Crippen LogP) is 3.75. The third-order valence-corrected chi connectivity index (χ3v) is 4.28. The van der Waals surface area contributed by atoms with Crippen molar-refractivity contribution in [1.82, 2.24) is 0 Å². The third-order valence-electron chi connectivity index (χ3n) is 3.01. The molecule has 0 radical (unpaired) electrons. The lowest BCUT2D eigenvalue weighted by Crippen LogP contribution is -2.32. The fourth-order valence-corrected chi connectivity index (χ4v) is 2.38. The first-order valence-corrected chi connectivity index (χ1v) is 5.86. The van der Waals surface area contributed by atoms with Gasteiger partial charge in [-0.3, -0.25) is 0 Å². The molecule has 0 saturated heterocycles. The number of halogens is 2. The van der Waals surface area contributed by atoms with E-state index in [1.54, 1.807) is 12.1 Å². The van der Waals surface area contributed by atoms with Crippen LogP contribution < -0.4 is 0 Å². The van der Waals surface area contributed by atoms with E-state index in [0.717, 1.165) is 19.3 Å². The fraction of sp³-hybridized carbons (Fsp3) is 0.364. The van der Waals surface area contributed by atoms with Crippen molar-refractivity contribution in [1.29, 1.82) is 5.26 Å². The lowest BCUT2D eigenvalue weighted by atomic mass is 9.65. The third kappa shape index (κ3) is 1.53. The predicted molar refractivity (Wildman–Crippen MR) is 62.0 cm³/mol. The van der Waals surface area contributed by atoms with E-state index in [1.807, 2.05) is 0 Å². The maximum Gasteiger partial charge on any atom is 0.140 e. The van der Waals surface area contributed by atoms with E-state index in [2.05, 4.69) is 22.0 Å². The minimum Gasteiger partial charge on any atom is -0.506 e. The van der Waals surface area contributed by atoms with E-state index in [-0.39, 0.29) is 10.8 Å². The lowest BCUT2D eigenvalue weighted by molar-refractivity contribution is 0.311. The first kappa shape index (κ1) is 10.8. The van der Waals surface area contributed by atoms with Crippen LogP contribution in [0.25, 0.3) is 0 Å². The number of hydrogen-bond acceptors (Lipinski definition) is 2. The number of nitrogens with zero attached hydrogens (tertiary/aromatic N) is 1. The van der Waals surface area contributed by atoms with Crippen molar-refractivity contribution in [3.05, 3.63) is 27.2 Å². The molecule has 1 saturated carbocycles. The van der Waals surface area contributed by atoms with Crippen molar-refractivity contribution in [3.63, 3.8) is 0 Å². The molecule has 0 aliphatic heterocycles. The molecular weight excluding hydrogens is 277 g/mol. The normalized spacial score (nSPS) is 17.9. The van der Waals surface area contributed by atoms with E-state index in [4.69, 9.17) is 16.9 Å². The Labute approximate surface area is 102 Å². The highest BCUT2D eigenvalue weighted by atomic mass is 79.9. The zero-order valence-corrected chi connectivity index (χ0v) is 10.3. The first-order valence-electron chi connectivity index (χ1n) is 4.69. The summed E-state index contributed by atoms with van der Waals surface area (Å²) in [6.45, 7) is 0. The summed E-state index contributed by atoms with van der Waals surface area (Å²) in [6, 6.07) is 5.83. The van der Waals surface area contributed by atoms with Crippen molar-refractivity contribution in [2.75, 3.05) is 0 Å². The fourth-order valence-electron chi connectivity index (χ4n) is 1.90. The van der Waals surface area contributed by atoms with Crippen LogP contribution in [-0.4, -0.2) is 5.11 Å². The Morgan fingerprint density at radius 1 is 1.47 bits per heavy atom. The summed E-state index contributed by atoms with van der Waals surface area (Å²) in [5.41, 5.74) is 0.137. The highest BCUT2D eigenvalue weighted by molar-refractivity contribution is 9.10. The highest BCUT2D eigenvalue weighted by Crippen LogP contribution is 2.49. The number of phenolic OH excluding ortho intramolecular Hbond substituents is 1. The van der Waals surface area contributed by atoms with E-state index in [1.165, 1.54) is 0 Å². The maximum absolute atomic E-state index is 9.90. The Balaban J connectivity index is 2.55. The molecule has 0 aromatic heterocycles. The average Bonchev–Trinajstić information content (AvgIpc) is 2.17. The Morgan fingerprint density at radius 2 is 2.13 bits per heavy atom.